The van der Waals surface area contributed by atoms with Crippen molar-refractivity contribution in [3.63, 3.8) is 0 Å². The molecule has 0 spiro atoms. The van der Waals surface area contributed by atoms with Crippen LogP contribution in [0.3, 0.4) is 0 Å². The van der Waals surface area contributed by atoms with Gasteiger partial charge in [0.15, 0.2) is 11.5 Å². The highest BCUT2D eigenvalue weighted by molar-refractivity contribution is 5.60. The minimum absolute atomic E-state index is 0.645. The van der Waals surface area contributed by atoms with Gasteiger partial charge >= 0.3 is 0 Å². The van der Waals surface area contributed by atoms with Crippen LogP contribution in [0.1, 0.15) is 18.3 Å². The van der Waals surface area contributed by atoms with E-state index in [9.17, 15) is 0 Å². The zero-order valence-electron chi connectivity index (χ0n) is 11.7. The Morgan fingerprint density at radius 3 is 2.55 bits per heavy atom. The van der Waals surface area contributed by atoms with Gasteiger partial charge in [0.05, 0.1) is 12.2 Å². The van der Waals surface area contributed by atoms with Gasteiger partial charge in [-0.25, -0.2) is 0 Å². The van der Waals surface area contributed by atoms with E-state index in [4.69, 9.17) is 0 Å². The van der Waals surface area contributed by atoms with Crippen molar-refractivity contribution in [3.8, 4) is 11.3 Å². The first kappa shape index (κ1) is 12.7. The predicted molar refractivity (Wildman–Crippen MR) is 78.4 cm³/mol. The van der Waals surface area contributed by atoms with E-state index in [2.05, 4.69) is 51.8 Å². The number of benzene rings is 1. The molecule has 0 bridgehead atoms. The van der Waals surface area contributed by atoms with Crippen molar-refractivity contribution in [2.45, 2.75) is 19.9 Å². The zero-order chi connectivity index (χ0) is 13.9. The fourth-order valence-corrected chi connectivity index (χ4v) is 2.17. The van der Waals surface area contributed by atoms with Gasteiger partial charge in [-0.05, 0) is 31.2 Å². The molecule has 102 valence electrons. The van der Waals surface area contributed by atoms with Gasteiger partial charge in [-0.15, -0.1) is 10.2 Å². The topological polar surface area (TPSA) is 55.1 Å². The van der Waals surface area contributed by atoms with Gasteiger partial charge in [0.25, 0.3) is 0 Å². The highest BCUT2D eigenvalue weighted by Crippen LogP contribution is 2.18. The van der Waals surface area contributed by atoms with Crippen LogP contribution in [0.2, 0.25) is 0 Å². The van der Waals surface area contributed by atoms with Crippen LogP contribution in [-0.4, -0.2) is 26.9 Å². The molecule has 3 rings (SSSR count). The number of aryl methyl sites for hydroxylation is 1. The lowest BCUT2D eigenvalue weighted by Gasteiger charge is -2.04. The molecule has 0 radical (unpaired) electrons. The molecule has 0 fully saturated rings. The smallest absolute Gasteiger partial charge is 0.177 e. The number of hydrogen-bond acceptors (Lipinski definition) is 4. The van der Waals surface area contributed by atoms with Gasteiger partial charge in [-0.2, -0.15) is 9.61 Å². The van der Waals surface area contributed by atoms with Crippen molar-refractivity contribution in [2.75, 3.05) is 7.05 Å². The lowest BCUT2D eigenvalue weighted by Crippen LogP contribution is -2.10. The summed E-state index contributed by atoms with van der Waals surface area (Å²) in [6.45, 7) is 2.80. The molecule has 2 aromatic heterocycles. The second-order valence-corrected chi connectivity index (χ2v) is 4.69. The molecular weight excluding hydrogens is 250 g/mol. The monoisotopic (exact) mass is 267 g/mol. The van der Waals surface area contributed by atoms with Crippen molar-refractivity contribution in [3.05, 3.63) is 47.8 Å². The van der Waals surface area contributed by atoms with E-state index in [1.807, 2.05) is 19.2 Å². The molecule has 3 aromatic rings. The second-order valence-electron chi connectivity index (χ2n) is 4.69. The number of fused-ring (bicyclic) bond motifs is 1. The number of nitrogens with zero attached hydrogens (tertiary/aromatic N) is 4. The quantitative estimate of drug-likeness (QED) is 0.786. The summed E-state index contributed by atoms with van der Waals surface area (Å²) in [6, 6.07) is 12.4. The molecule has 0 saturated heterocycles. The van der Waals surface area contributed by atoms with E-state index < -0.39 is 0 Å². The summed E-state index contributed by atoms with van der Waals surface area (Å²) < 4.78 is 1.79. The summed E-state index contributed by atoms with van der Waals surface area (Å²) in [7, 11) is 1.88. The van der Waals surface area contributed by atoms with Crippen molar-refractivity contribution in [1.29, 1.82) is 0 Å². The Labute approximate surface area is 117 Å². The molecule has 0 aliphatic carbocycles. The molecule has 0 aliphatic rings. The Bertz CT molecular complexity index is 715. The number of hydrogen-bond donors (Lipinski definition) is 1. The van der Waals surface area contributed by atoms with Crippen LogP contribution >= 0.6 is 0 Å². The highest BCUT2D eigenvalue weighted by atomic mass is 15.4. The SMILES string of the molecule is CCc1ccc(-c2ccc3nnc(CNC)n3n2)cc1. The molecule has 20 heavy (non-hydrogen) atoms. The first-order valence-electron chi connectivity index (χ1n) is 6.77. The fraction of sp³-hybridized carbons (Fsp3) is 0.267. The summed E-state index contributed by atoms with van der Waals surface area (Å²) in [4.78, 5) is 0. The van der Waals surface area contributed by atoms with Gasteiger partial charge in [-0.3, -0.25) is 0 Å². The summed E-state index contributed by atoms with van der Waals surface area (Å²) >= 11 is 0. The largest absolute Gasteiger partial charge is 0.313 e. The first-order chi connectivity index (χ1) is 9.81. The Morgan fingerprint density at radius 1 is 1.05 bits per heavy atom. The molecule has 5 heteroatoms. The van der Waals surface area contributed by atoms with Crippen LogP contribution in [0, 0.1) is 0 Å². The summed E-state index contributed by atoms with van der Waals surface area (Å²) in [6.07, 6.45) is 1.05. The summed E-state index contributed by atoms with van der Waals surface area (Å²) in [5.74, 6) is 0.814. The maximum absolute atomic E-state index is 4.63. The van der Waals surface area contributed by atoms with Crippen LogP contribution in [0.25, 0.3) is 16.9 Å². The van der Waals surface area contributed by atoms with Gasteiger partial charge < -0.3 is 5.32 Å². The molecule has 1 aromatic carbocycles. The lowest BCUT2D eigenvalue weighted by atomic mass is 10.1. The average molecular weight is 267 g/mol. The van der Waals surface area contributed by atoms with E-state index in [0.29, 0.717) is 6.54 Å². The number of aromatic nitrogens is 4. The van der Waals surface area contributed by atoms with E-state index in [1.165, 1.54) is 5.56 Å². The molecule has 0 amide bonds. The van der Waals surface area contributed by atoms with E-state index in [1.54, 1.807) is 4.52 Å². The standard InChI is InChI=1S/C15H17N5/c1-3-11-4-6-12(7-5-11)13-8-9-14-17-18-15(10-16-2)20(14)19-13/h4-9,16H,3,10H2,1-2H3. The Kier molecular flexibility index (Phi) is 3.43. The third-order valence-electron chi connectivity index (χ3n) is 3.32. The van der Waals surface area contributed by atoms with Gasteiger partial charge in [-0.1, -0.05) is 31.2 Å². The van der Waals surface area contributed by atoms with Gasteiger partial charge in [0.2, 0.25) is 0 Å². The summed E-state index contributed by atoms with van der Waals surface area (Å²) in [5, 5.41) is 15.9. The average Bonchev–Trinajstić information content (AvgIpc) is 2.90. The molecule has 1 N–H and O–H groups in total. The van der Waals surface area contributed by atoms with Crippen molar-refractivity contribution in [1.82, 2.24) is 25.1 Å². The zero-order valence-corrected chi connectivity index (χ0v) is 11.7. The Balaban J connectivity index is 2.04. The van der Waals surface area contributed by atoms with E-state index in [-0.39, 0.29) is 0 Å². The minimum Gasteiger partial charge on any atom is -0.313 e. The molecule has 2 heterocycles. The van der Waals surface area contributed by atoms with Gasteiger partial charge in [0.1, 0.15) is 0 Å². The Morgan fingerprint density at radius 2 is 1.85 bits per heavy atom. The normalized spacial score (nSPS) is 11.1. The van der Waals surface area contributed by atoms with Crippen LogP contribution in [0.15, 0.2) is 36.4 Å². The maximum Gasteiger partial charge on any atom is 0.177 e. The van der Waals surface area contributed by atoms with Crippen LogP contribution in [-0.2, 0) is 13.0 Å². The van der Waals surface area contributed by atoms with E-state index >= 15 is 0 Å². The van der Waals surface area contributed by atoms with Crippen LogP contribution < -0.4 is 5.32 Å². The predicted octanol–water partition coefficient (Wildman–Crippen LogP) is 2.07. The molecule has 0 atom stereocenters. The molecule has 0 saturated carbocycles. The lowest BCUT2D eigenvalue weighted by molar-refractivity contribution is 0.719. The Hall–Kier alpha value is -2.27. The van der Waals surface area contributed by atoms with Crippen molar-refractivity contribution >= 4 is 5.65 Å². The third kappa shape index (κ3) is 2.28. The van der Waals surface area contributed by atoms with Crippen LogP contribution in [0.5, 0.6) is 0 Å². The van der Waals surface area contributed by atoms with Crippen molar-refractivity contribution < 1.29 is 0 Å². The molecule has 0 aliphatic heterocycles. The van der Waals surface area contributed by atoms with Crippen LogP contribution in [0.4, 0.5) is 0 Å². The molecule has 0 unspecified atom stereocenters. The highest BCUT2D eigenvalue weighted by Gasteiger charge is 2.07. The van der Waals surface area contributed by atoms with E-state index in [0.717, 1.165) is 29.1 Å². The minimum atomic E-state index is 0.645. The molecule has 5 nitrogen and oxygen atoms in total. The second kappa shape index (κ2) is 5.38. The maximum atomic E-state index is 4.63. The fourth-order valence-electron chi connectivity index (χ4n) is 2.17. The number of rotatable bonds is 4. The molecular formula is C15H17N5. The van der Waals surface area contributed by atoms with Gasteiger partial charge in [0, 0.05) is 5.56 Å². The number of nitrogens with one attached hydrogen (secondary N) is 1. The summed E-state index contributed by atoms with van der Waals surface area (Å²) in [5.41, 5.74) is 4.13. The van der Waals surface area contributed by atoms with Crippen molar-refractivity contribution in [2.24, 2.45) is 0 Å². The third-order valence-corrected chi connectivity index (χ3v) is 3.32. The first-order valence-corrected chi connectivity index (χ1v) is 6.77.